The second kappa shape index (κ2) is 7.67. The summed E-state index contributed by atoms with van der Waals surface area (Å²) in [7, 11) is 0. The number of hydrogen-bond acceptors (Lipinski definition) is 3. The summed E-state index contributed by atoms with van der Waals surface area (Å²) in [5.41, 5.74) is 13.1. The molecule has 1 unspecified atom stereocenters. The zero-order valence-electron chi connectivity index (χ0n) is 11.9. The summed E-state index contributed by atoms with van der Waals surface area (Å²) in [5, 5.41) is 3.41. The lowest BCUT2D eigenvalue weighted by atomic mass is 10.0. The summed E-state index contributed by atoms with van der Waals surface area (Å²) in [6.45, 7) is 4.33. The fourth-order valence-corrected chi connectivity index (χ4v) is 2.23. The van der Waals surface area contributed by atoms with Crippen molar-refractivity contribution in [2.24, 2.45) is 5.73 Å². The number of benzene rings is 1. The number of anilines is 2. The van der Waals surface area contributed by atoms with Crippen LogP contribution in [0.1, 0.15) is 56.3 Å². The molecule has 0 bridgehead atoms. The number of carbonyl (C=O) groups excluding carboxylic acids is 1. The van der Waals surface area contributed by atoms with Crippen LogP contribution in [0, 0.1) is 0 Å². The summed E-state index contributed by atoms with van der Waals surface area (Å²) in [5.74, 6) is -0.444. The summed E-state index contributed by atoms with van der Waals surface area (Å²) in [4.78, 5) is 11.5. The number of para-hydroxylation sites is 1. The molecule has 0 aromatic heterocycles. The Labute approximate surface area is 115 Å². The standard InChI is InChI=1S/C15H25N3O/c1-3-5-8-11(7-4-2)18-14-12(15(17)19)9-6-10-13(14)16/h6,9-11,18H,3-5,7-8,16H2,1-2H3,(H2,17,19). The summed E-state index contributed by atoms with van der Waals surface area (Å²) < 4.78 is 0. The van der Waals surface area contributed by atoms with Crippen LogP contribution in [0.3, 0.4) is 0 Å². The molecule has 0 aliphatic rings. The van der Waals surface area contributed by atoms with Crippen molar-refractivity contribution in [3.63, 3.8) is 0 Å². The number of carbonyl (C=O) groups is 1. The molecule has 0 heterocycles. The first kappa shape index (κ1) is 15.3. The summed E-state index contributed by atoms with van der Waals surface area (Å²) in [6, 6.07) is 5.59. The molecule has 0 saturated carbocycles. The second-order valence-electron chi connectivity index (χ2n) is 4.91. The molecule has 0 aliphatic heterocycles. The van der Waals surface area contributed by atoms with E-state index in [2.05, 4.69) is 19.2 Å². The molecule has 1 atom stereocenters. The van der Waals surface area contributed by atoms with Gasteiger partial charge in [-0.25, -0.2) is 0 Å². The fraction of sp³-hybridized carbons (Fsp3) is 0.533. The minimum Gasteiger partial charge on any atom is -0.397 e. The number of nitrogens with two attached hydrogens (primary N) is 2. The lowest BCUT2D eigenvalue weighted by molar-refractivity contribution is 0.100. The van der Waals surface area contributed by atoms with Gasteiger partial charge in [0.25, 0.3) is 5.91 Å². The smallest absolute Gasteiger partial charge is 0.250 e. The Morgan fingerprint density at radius 1 is 1.26 bits per heavy atom. The quantitative estimate of drug-likeness (QED) is 0.630. The van der Waals surface area contributed by atoms with Crippen LogP contribution in [0.25, 0.3) is 0 Å². The minimum absolute atomic E-state index is 0.341. The SMILES string of the molecule is CCCCC(CCC)Nc1c(N)cccc1C(N)=O. The number of nitrogen functional groups attached to an aromatic ring is 1. The highest BCUT2D eigenvalue weighted by atomic mass is 16.1. The van der Waals surface area contributed by atoms with Gasteiger partial charge in [0, 0.05) is 6.04 Å². The van der Waals surface area contributed by atoms with Gasteiger partial charge >= 0.3 is 0 Å². The first-order valence-corrected chi connectivity index (χ1v) is 7.04. The van der Waals surface area contributed by atoms with E-state index < -0.39 is 5.91 Å². The average Bonchev–Trinajstić information content (AvgIpc) is 2.38. The van der Waals surface area contributed by atoms with Crippen molar-refractivity contribution in [1.29, 1.82) is 0 Å². The van der Waals surface area contributed by atoms with Crippen LogP contribution in [-0.4, -0.2) is 11.9 Å². The van der Waals surface area contributed by atoms with Gasteiger partial charge < -0.3 is 16.8 Å². The van der Waals surface area contributed by atoms with Gasteiger partial charge in [0.15, 0.2) is 0 Å². The Morgan fingerprint density at radius 3 is 2.58 bits per heavy atom. The lowest BCUT2D eigenvalue weighted by Crippen LogP contribution is -2.23. The van der Waals surface area contributed by atoms with E-state index in [9.17, 15) is 4.79 Å². The van der Waals surface area contributed by atoms with Gasteiger partial charge in [0.2, 0.25) is 0 Å². The third kappa shape index (κ3) is 4.47. The van der Waals surface area contributed by atoms with Gasteiger partial charge in [-0.3, -0.25) is 4.79 Å². The zero-order chi connectivity index (χ0) is 14.3. The van der Waals surface area contributed by atoms with Crippen molar-refractivity contribution in [2.75, 3.05) is 11.1 Å². The molecule has 0 radical (unpaired) electrons. The predicted octanol–water partition coefficient (Wildman–Crippen LogP) is 3.14. The van der Waals surface area contributed by atoms with Crippen molar-refractivity contribution in [3.8, 4) is 0 Å². The Balaban J connectivity index is 2.91. The minimum atomic E-state index is -0.444. The van der Waals surface area contributed by atoms with Crippen LogP contribution in [0.4, 0.5) is 11.4 Å². The first-order valence-electron chi connectivity index (χ1n) is 7.04. The molecule has 4 heteroatoms. The third-order valence-corrected chi connectivity index (χ3v) is 3.25. The van der Waals surface area contributed by atoms with E-state index in [4.69, 9.17) is 11.5 Å². The normalized spacial score (nSPS) is 12.1. The molecule has 19 heavy (non-hydrogen) atoms. The number of rotatable bonds is 8. The zero-order valence-corrected chi connectivity index (χ0v) is 11.9. The molecular formula is C15H25N3O. The van der Waals surface area contributed by atoms with E-state index in [1.165, 1.54) is 0 Å². The fourth-order valence-electron chi connectivity index (χ4n) is 2.23. The van der Waals surface area contributed by atoms with E-state index in [-0.39, 0.29) is 0 Å². The summed E-state index contributed by atoms with van der Waals surface area (Å²) >= 11 is 0. The summed E-state index contributed by atoms with van der Waals surface area (Å²) in [6.07, 6.45) is 5.56. The molecule has 4 nitrogen and oxygen atoms in total. The van der Waals surface area contributed by atoms with E-state index in [0.29, 0.717) is 23.0 Å². The van der Waals surface area contributed by atoms with E-state index in [1.807, 2.05) is 0 Å². The highest BCUT2D eigenvalue weighted by Gasteiger charge is 2.14. The molecule has 1 aromatic rings. The van der Waals surface area contributed by atoms with Gasteiger partial charge in [-0.15, -0.1) is 0 Å². The van der Waals surface area contributed by atoms with Crippen LogP contribution in [0.2, 0.25) is 0 Å². The molecule has 1 aromatic carbocycles. The van der Waals surface area contributed by atoms with E-state index in [0.717, 1.165) is 32.1 Å². The number of nitrogens with one attached hydrogen (secondary N) is 1. The Morgan fingerprint density at radius 2 is 2.00 bits per heavy atom. The van der Waals surface area contributed by atoms with Crippen LogP contribution < -0.4 is 16.8 Å². The number of amides is 1. The highest BCUT2D eigenvalue weighted by molar-refractivity contribution is 6.01. The number of hydrogen-bond donors (Lipinski definition) is 3. The molecule has 0 aliphatic carbocycles. The molecular weight excluding hydrogens is 238 g/mol. The molecule has 1 amide bonds. The maximum absolute atomic E-state index is 11.5. The lowest BCUT2D eigenvalue weighted by Gasteiger charge is -2.22. The van der Waals surface area contributed by atoms with Crippen molar-refractivity contribution in [1.82, 2.24) is 0 Å². The maximum atomic E-state index is 11.5. The van der Waals surface area contributed by atoms with Gasteiger partial charge in [0.05, 0.1) is 16.9 Å². The van der Waals surface area contributed by atoms with Crippen LogP contribution in [0.15, 0.2) is 18.2 Å². The highest BCUT2D eigenvalue weighted by Crippen LogP contribution is 2.25. The Hall–Kier alpha value is -1.71. The van der Waals surface area contributed by atoms with Gasteiger partial charge in [-0.05, 0) is 25.0 Å². The third-order valence-electron chi connectivity index (χ3n) is 3.25. The molecule has 0 saturated heterocycles. The Bertz CT molecular complexity index is 418. The van der Waals surface area contributed by atoms with Gasteiger partial charge in [0.1, 0.15) is 0 Å². The second-order valence-corrected chi connectivity index (χ2v) is 4.91. The van der Waals surface area contributed by atoms with Crippen LogP contribution >= 0.6 is 0 Å². The van der Waals surface area contributed by atoms with Crippen molar-refractivity contribution < 1.29 is 4.79 Å². The van der Waals surface area contributed by atoms with E-state index in [1.54, 1.807) is 18.2 Å². The van der Waals surface area contributed by atoms with Crippen molar-refractivity contribution in [3.05, 3.63) is 23.8 Å². The van der Waals surface area contributed by atoms with Gasteiger partial charge in [-0.1, -0.05) is 39.2 Å². The predicted molar refractivity (Wildman–Crippen MR) is 81.2 cm³/mol. The molecule has 5 N–H and O–H groups in total. The number of primary amides is 1. The average molecular weight is 263 g/mol. The largest absolute Gasteiger partial charge is 0.397 e. The molecule has 1 rings (SSSR count). The molecule has 106 valence electrons. The Kier molecular flexibility index (Phi) is 6.19. The van der Waals surface area contributed by atoms with Crippen molar-refractivity contribution in [2.45, 2.75) is 52.0 Å². The van der Waals surface area contributed by atoms with E-state index >= 15 is 0 Å². The monoisotopic (exact) mass is 263 g/mol. The van der Waals surface area contributed by atoms with Gasteiger partial charge in [-0.2, -0.15) is 0 Å². The topological polar surface area (TPSA) is 81.1 Å². The first-order chi connectivity index (χ1) is 9.10. The van der Waals surface area contributed by atoms with Crippen molar-refractivity contribution >= 4 is 17.3 Å². The number of unbranched alkanes of at least 4 members (excludes halogenated alkanes) is 1. The maximum Gasteiger partial charge on any atom is 0.250 e. The molecule has 0 spiro atoms. The van der Waals surface area contributed by atoms with Crippen LogP contribution in [0.5, 0.6) is 0 Å². The van der Waals surface area contributed by atoms with Crippen LogP contribution in [-0.2, 0) is 0 Å². The molecule has 0 fully saturated rings.